The van der Waals surface area contributed by atoms with Crippen LogP contribution in [0.1, 0.15) is 26.7 Å². The van der Waals surface area contributed by atoms with E-state index in [1.807, 2.05) is 0 Å². The summed E-state index contributed by atoms with van der Waals surface area (Å²) in [5.74, 6) is -4.98. The minimum atomic E-state index is -1.07. The van der Waals surface area contributed by atoms with Gasteiger partial charge in [0.25, 0.3) is 0 Å². The normalized spacial score (nSPS) is 35.8. The summed E-state index contributed by atoms with van der Waals surface area (Å²) in [6, 6.07) is 0. The lowest BCUT2D eigenvalue weighted by molar-refractivity contribution is -0.167. The van der Waals surface area contributed by atoms with Crippen LogP contribution in [0.5, 0.6) is 0 Å². The van der Waals surface area contributed by atoms with E-state index in [1.165, 1.54) is 6.92 Å². The summed E-state index contributed by atoms with van der Waals surface area (Å²) in [4.78, 5) is 47.0. The van der Waals surface area contributed by atoms with E-state index < -0.39 is 59.9 Å². The molecule has 3 aliphatic rings. The summed E-state index contributed by atoms with van der Waals surface area (Å²) in [6.07, 6.45) is -1.71. The van der Waals surface area contributed by atoms with E-state index in [4.69, 9.17) is 14.2 Å². The highest BCUT2D eigenvalue weighted by atomic mass is 16.6. The quantitative estimate of drug-likeness (QED) is 0.422. The zero-order valence-electron chi connectivity index (χ0n) is 14.0. The smallest absolute Gasteiger partial charge is 0.333 e. The standard InChI is InChI=1S/C17H20O8/c1-6(2)16(21)23-7(3)4-10(18)24-13-8-5-9-12(11(8)15(19)20)17(22)25-14(9)13/h7-9,11-14H,1,4-5H2,2-3H3,(H,19,20). The Kier molecular flexibility index (Phi) is 4.30. The van der Waals surface area contributed by atoms with E-state index in [0.29, 0.717) is 6.42 Å². The van der Waals surface area contributed by atoms with Crippen LogP contribution in [0.2, 0.25) is 0 Å². The first-order valence-corrected chi connectivity index (χ1v) is 8.20. The van der Waals surface area contributed by atoms with Crippen molar-refractivity contribution in [1.82, 2.24) is 0 Å². The van der Waals surface area contributed by atoms with Gasteiger partial charge in [-0.2, -0.15) is 0 Å². The molecule has 1 heterocycles. The Balaban J connectivity index is 1.62. The molecule has 3 fully saturated rings. The minimum absolute atomic E-state index is 0.172. The van der Waals surface area contributed by atoms with Crippen molar-refractivity contribution in [3.8, 4) is 0 Å². The van der Waals surface area contributed by atoms with Crippen LogP contribution in [0.15, 0.2) is 12.2 Å². The number of carbonyl (C=O) groups is 4. The Bertz CT molecular complexity index is 653. The van der Waals surface area contributed by atoms with Crippen LogP contribution in [-0.4, -0.2) is 47.3 Å². The molecule has 8 heteroatoms. The summed E-state index contributed by atoms with van der Waals surface area (Å²) < 4.78 is 15.7. The number of ether oxygens (including phenoxy) is 3. The van der Waals surface area contributed by atoms with Gasteiger partial charge >= 0.3 is 23.9 Å². The van der Waals surface area contributed by atoms with E-state index in [0.717, 1.165) is 0 Å². The van der Waals surface area contributed by atoms with Crippen molar-refractivity contribution in [2.24, 2.45) is 23.7 Å². The SMILES string of the molecule is C=C(C)C(=O)OC(C)CC(=O)OC1C2CC3C1OC(=O)C3C2C(=O)O. The number of rotatable bonds is 6. The van der Waals surface area contributed by atoms with Crippen molar-refractivity contribution in [3.63, 3.8) is 0 Å². The van der Waals surface area contributed by atoms with Gasteiger partial charge in [-0.25, -0.2) is 4.79 Å². The number of hydrogen-bond acceptors (Lipinski definition) is 7. The summed E-state index contributed by atoms with van der Waals surface area (Å²) in [7, 11) is 0. The average molecular weight is 352 g/mol. The number of carbonyl (C=O) groups excluding carboxylic acids is 3. The molecule has 0 aromatic heterocycles. The summed E-state index contributed by atoms with van der Waals surface area (Å²) >= 11 is 0. The molecule has 1 aliphatic heterocycles. The van der Waals surface area contributed by atoms with Crippen LogP contribution in [0.4, 0.5) is 0 Å². The van der Waals surface area contributed by atoms with Crippen LogP contribution >= 0.6 is 0 Å². The number of carboxylic acid groups (broad SMARTS) is 1. The average Bonchev–Trinajstić information content (AvgIpc) is 3.09. The predicted molar refractivity (Wildman–Crippen MR) is 81.0 cm³/mol. The second-order valence-corrected chi connectivity index (χ2v) is 7.01. The molecular formula is C17H20O8. The number of hydrogen-bond donors (Lipinski definition) is 1. The van der Waals surface area contributed by atoms with Gasteiger partial charge in [0.1, 0.15) is 18.3 Å². The monoisotopic (exact) mass is 352 g/mol. The fourth-order valence-corrected chi connectivity index (χ4v) is 4.24. The fourth-order valence-electron chi connectivity index (χ4n) is 4.24. The molecule has 25 heavy (non-hydrogen) atoms. The summed E-state index contributed by atoms with van der Waals surface area (Å²) in [5.41, 5.74) is 0.224. The maximum Gasteiger partial charge on any atom is 0.333 e. The second-order valence-electron chi connectivity index (χ2n) is 7.01. The van der Waals surface area contributed by atoms with Crippen LogP contribution < -0.4 is 0 Å². The van der Waals surface area contributed by atoms with Gasteiger partial charge < -0.3 is 19.3 Å². The lowest BCUT2D eigenvalue weighted by Gasteiger charge is -2.29. The predicted octanol–water partition coefficient (Wildman–Crippen LogP) is 0.688. The van der Waals surface area contributed by atoms with Crippen LogP contribution in [0.25, 0.3) is 0 Å². The Labute approximate surface area is 144 Å². The Morgan fingerprint density at radius 1 is 1.36 bits per heavy atom. The summed E-state index contributed by atoms with van der Waals surface area (Å²) in [6.45, 7) is 6.51. The first kappa shape index (κ1) is 17.4. The first-order valence-electron chi connectivity index (χ1n) is 8.20. The number of aliphatic carboxylic acids is 1. The van der Waals surface area contributed by atoms with Gasteiger partial charge in [-0.05, 0) is 20.3 Å². The van der Waals surface area contributed by atoms with Gasteiger partial charge in [0.05, 0.1) is 18.3 Å². The Morgan fingerprint density at radius 3 is 2.64 bits per heavy atom. The van der Waals surface area contributed by atoms with Gasteiger partial charge in [-0.3, -0.25) is 14.4 Å². The summed E-state index contributed by atoms with van der Waals surface area (Å²) in [5, 5.41) is 9.41. The van der Waals surface area contributed by atoms with E-state index in [-0.39, 0.29) is 17.9 Å². The molecule has 0 aromatic rings. The van der Waals surface area contributed by atoms with Gasteiger partial charge in [-0.1, -0.05) is 6.58 Å². The topological polar surface area (TPSA) is 116 Å². The zero-order chi connectivity index (χ0) is 18.5. The zero-order valence-corrected chi connectivity index (χ0v) is 14.0. The van der Waals surface area contributed by atoms with Crippen molar-refractivity contribution in [2.75, 3.05) is 0 Å². The highest BCUT2D eigenvalue weighted by molar-refractivity contribution is 5.87. The van der Waals surface area contributed by atoms with Gasteiger partial charge in [0.15, 0.2) is 0 Å². The molecule has 136 valence electrons. The first-order chi connectivity index (χ1) is 11.7. The Hall–Kier alpha value is -2.38. The molecule has 8 nitrogen and oxygen atoms in total. The molecule has 1 N–H and O–H groups in total. The van der Waals surface area contributed by atoms with Gasteiger partial charge in [0.2, 0.25) is 0 Å². The van der Waals surface area contributed by atoms with Crippen molar-refractivity contribution in [3.05, 3.63) is 12.2 Å². The number of carboxylic acids is 1. The molecule has 2 aliphatic carbocycles. The maximum absolute atomic E-state index is 12.1. The van der Waals surface area contributed by atoms with E-state index in [9.17, 15) is 24.3 Å². The number of esters is 3. The Morgan fingerprint density at radius 2 is 2.04 bits per heavy atom. The second kappa shape index (κ2) is 6.16. The van der Waals surface area contributed by atoms with Crippen molar-refractivity contribution in [1.29, 1.82) is 0 Å². The molecule has 3 rings (SSSR count). The number of fused-ring (bicyclic) bond motifs is 1. The van der Waals surface area contributed by atoms with Crippen LogP contribution in [0.3, 0.4) is 0 Å². The lowest BCUT2D eigenvalue weighted by Crippen LogP contribution is -2.43. The van der Waals surface area contributed by atoms with E-state index in [1.54, 1.807) is 6.92 Å². The minimum Gasteiger partial charge on any atom is -0.481 e. The van der Waals surface area contributed by atoms with Crippen LogP contribution in [0, 0.1) is 23.7 Å². The lowest BCUT2D eigenvalue weighted by atomic mass is 9.78. The van der Waals surface area contributed by atoms with Crippen molar-refractivity contribution in [2.45, 2.75) is 45.0 Å². The molecule has 7 atom stereocenters. The molecule has 0 radical (unpaired) electrons. The maximum atomic E-state index is 12.1. The third-order valence-electron chi connectivity index (χ3n) is 5.21. The third kappa shape index (κ3) is 2.89. The van der Waals surface area contributed by atoms with Crippen molar-refractivity contribution < 1.29 is 38.5 Å². The van der Waals surface area contributed by atoms with E-state index >= 15 is 0 Å². The molecule has 0 aromatic carbocycles. The third-order valence-corrected chi connectivity index (χ3v) is 5.21. The molecule has 2 bridgehead atoms. The molecule has 7 unspecified atom stereocenters. The van der Waals surface area contributed by atoms with Crippen molar-refractivity contribution >= 4 is 23.9 Å². The molecule has 0 spiro atoms. The molecular weight excluding hydrogens is 332 g/mol. The molecule has 2 saturated carbocycles. The highest BCUT2D eigenvalue weighted by Gasteiger charge is 2.69. The molecule has 0 amide bonds. The van der Waals surface area contributed by atoms with Gasteiger partial charge in [-0.15, -0.1) is 0 Å². The largest absolute Gasteiger partial charge is 0.481 e. The van der Waals surface area contributed by atoms with Gasteiger partial charge in [0, 0.05) is 17.4 Å². The van der Waals surface area contributed by atoms with Crippen LogP contribution in [-0.2, 0) is 33.4 Å². The molecule has 1 saturated heterocycles. The van der Waals surface area contributed by atoms with E-state index in [2.05, 4.69) is 6.58 Å². The highest BCUT2D eigenvalue weighted by Crippen LogP contribution is 2.58. The fraction of sp³-hybridized carbons (Fsp3) is 0.647.